The first-order valence-electron chi connectivity index (χ1n) is 8.18. The predicted molar refractivity (Wildman–Crippen MR) is 104 cm³/mol. The van der Waals surface area contributed by atoms with E-state index in [1.807, 2.05) is 18.2 Å². The van der Waals surface area contributed by atoms with Crippen molar-refractivity contribution < 1.29 is 0 Å². The molecule has 1 unspecified atom stereocenters. The summed E-state index contributed by atoms with van der Waals surface area (Å²) in [6.45, 7) is 3.04. The molecule has 1 atom stereocenters. The lowest BCUT2D eigenvalue weighted by atomic mass is 10.1. The van der Waals surface area contributed by atoms with Gasteiger partial charge >= 0.3 is 0 Å². The number of fused-ring (bicyclic) bond motifs is 1. The van der Waals surface area contributed by atoms with Crippen molar-refractivity contribution in [3.05, 3.63) is 64.9 Å². The van der Waals surface area contributed by atoms with Crippen molar-refractivity contribution in [2.75, 3.05) is 19.5 Å². The zero-order chi connectivity index (χ0) is 17.8. The number of nitrogens with zero attached hydrogens (tertiary/aromatic N) is 3. The zero-order valence-corrected chi connectivity index (χ0v) is 15.4. The predicted octanol–water partition coefficient (Wildman–Crippen LogP) is 4.02. The van der Waals surface area contributed by atoms with Gasteiger partial charge in [-0.25, -0.2) is 15.4 Å². The molecule has 0 radical (unpaired) electrons. The number of anilines is 1. The molecule has 25 heavy (non-hydrogen) atoms. The molecule has 3 aromatic rings. The summed E-state index contributed by atoms with van der Waals surface area (Å²) in [5.41, 5.74) is 9.85. The van der Waals surface area contributed by atoms with E-state index in [-0.39, 0.29) is 6.04 Å². The number of hydrogen-bond donors (Lipinski definition) is 2. The van der Waals surface area contributed by atoms with Gasteiger partial charge in [0.1, 0.15) is 6.33 Å². The highest BCUT2D eigenvalue weighted by Gasteiger charge is 2.08. The van der Waals surface area contributed by atoms with Crippen molar-refractivity contribution in [3.8, 4) is 0 Å². The summed E-state index contributed by atoms with van der Waals surface area (Å²) in [7, 11) is 4.14. The molecule has 6 heteroatoms. The van der Waals surface area contributed by atoms with Gasteiger partial charge in [0, 0.05) is 23.0 Å². The van der Waals surface area contributed by atoms with Crippen LogP contribution in [0.4, 0.5) is 5.82 Å². The van der Waals surface area contributed by atoms with E-state index < -0.39 is 0 Å². The molecule has 0 saturated heterocycles. The maximum atomic E-state index is 6.03. The molecule has 2 aromatic carbocycles. The Morgan fingerprint density at radius 3 is 2.76 bits per heavy atom. The van der Waals surface area contributed by atoms with Crippen molar-refractivity contribution in [1.29, 1.82) is 0 Å². The minimum atomic E-state index is 0.124. The molecule has 0 spiro atoms. The molecular formula is C19H22ClN5. The Kier molecular flexibility index (Phi) is 5.48. The maximum Gasteiger partial charge on any atom is 0.151 e. The van der Waals surface area contributed by atoms with E-state index >= 15 is 0 Å². The van der Waals surface area contributed by atoms with Gasteiger partial charge in [-0.05, 0) is 50.3 Å². The van der Waals surface area contributed by atoms with Gasteiger partial charge in [-0.1, -0.05) is 35.9 Å². The van der Waals surface area contributed by atoms with Crippen LogP contribution in [-0.4, -0.2) is 29.0 Å². The van der Waals surface area contributed by atoms with Crippen LogP contribution in [0.3, 0.4) is 0 Å². The number of aromatic nitrogens is 2. The molecular weight excluding hydrogens is 334 g/mol. The Labute approximate surface area is 153 Å². The molecule has 0 aliphatic carbocycles. The van der Waals surface area contributed by atoms with Crippen molar-refractivity contribution in [2.24, 2.45) is 0 Å². The summed E-state index contributed by atoms with van der Waals surface area (Å²) >= 11 is 6.03. The Bertz CT molecular complexity index is 865. The van der Waals surface area contributed by atoms with E-state index in [0.717, 1.165) is 23.3 Å². The van der Waals surface area contributed by atoms with Gasteiger partial charge in [0.2, 0.25) is 0 Å². The molecule has 5 nitrogen and oxygen atoms in total. The number of rotatable bonds is 6. The normalized spacial score (nSPS) is 12.5. The lowest BCUT2D eigenvalue weighted by Gasteiger charge is -2.18. The fourth-order valence-corrected chi connectivity index (χ4v) is 2.88. The van der Waals surface area contributed by atoms with Crippen LogP contribution in [0.1, 0.15) is 24.1 Å². The number of hydrazine groups is 1. The minimum Gasteiger partial charge on any atom is -0.305 e. The first kappa shape index (κ1) is 17.6. The van der Waals surface area contributed by atoms with Gasteiger partial charge in [0.15, 0.2) is 5.82 Å². The van der Waals surface area contributed by atoms with Gasteiger partial charge in [-0.15, -0.1) is 0 Å². The number of nitrogens with one attached hydrogen (secondary N) is 2. The Morgan fingerprint density at radius 2 is 1.96 bits per heavy atom. The average molecular weight is 356 g/mol. The molecule has 1 heterocycles. The van der Waals surface area contributed by atoms with Crippen LogP contribution < -0.4 is 10.9 Å². The van der Waals surface area contributed by atoms with Crippen LogP contribution >= 0.6 is 11.6 Å². The van der Waals surface area contributed by atoms with Crippen molar-refractivity contribution in [1.82, 2.24) is 20.3 Å². The highest BCUT2D eigenvalue weighted by atomic mass is 35.5. The van der Waals surface area contributed by atoms with Gasteiger partial charge in [-0.2, -0.15) is 0 Å². The SMILES string of the molecule is CC(NNc1ncnc2cc(Cl)ccc12)c1cccc(CN(C)C)c1. The van der Waals surface area contributed by atoms with Crippen LogP contribution in [0.5, 0.6) is 0 Å². The molecule has 0 saturated carbocycles. The third-order valence-electron chi connectivity index (χ3n) is 3.96. The molecule has 1 aromatic heterocycles. The average Bonchev–Trinajstić information content (AvgIpc) is 2.59. The quantitative estimate of drug-likeness (QED) is 0.654. The van der Waals surface area contributed by atoms with Crippen LogP contribution in [0, 0.1) is 0 Å². The fraction of sp³-hybridized carbons (Fsp3) is 0.263. The summed E-state index contributed by atoms with van der Waals surface area (Å²) in [6.07, 6.45) is 1.53. The van der Waals surface area contributed by atoms with E-state index in [9.17, 15) is 0 Å². The van der Waals surface area contributed by atoms with E-state index in [2.05, 4.69) is 71.0 Å². The lowest BCUT2D eigenvalue weighted by molar-refractivity contribution is 0.402. The number of halogens is 1. The van der Waals surface area contributed by atoms with Gasteiger partial charge < -0.3 is 10.3 Å². The van der Waals surface area contributed by atoms with Gasteiger partial charge in [0.05, 0.1) is 5.52 Å². The third kappa shape index (κ3) is 4.45. The highest BCUT2D eigenvalue weighted by Crippen LogP contribution is 2.22. The van der Waals surface area contributed by atoms with Crippen LogP contribution in [0.15, 0.2) is 48.8 Å². The summed E-state index contributed by atoms with van der Waals surface area (Å²) in [6, 6.07) is 14.3. The van der Waals surface area contributed by atoms with Crippen LogP contribution in [0.2, 0.25) is 5.02 Å². The summed E-state index contributed by atoms with van der Waals surface area (Å²) in [5, 5.41) is 1.59. The smallest absolute Gasteiger partial charge is 0.151 e. The maximum absolute atomic E-state index is 6.03. The van der Waals surface area contributed by atoms with E-state index in [0.29, 0.717) is 5.02 Å². The van der Waals surface area contributed by atoms with Crippen molar-refractivity contribution in [3.63, 3.8) is 0 Å². The molecule has 0 aliphatic heterocycles. The second-order valence-electron chi connectivity index (χ2n) is 6.36. The van der Waals surface area contributed by atoms with Crippen molar-refractivity contribution >= 4 is 28.3 Å². The molecule has 3 rings (SSSR count). The summed E-state index contributed by atoms with van der Waals surface area (Å²) in [5.74, 6) is 0.734. The second-order valence-corrected chi connectivity index (χ2v) is 6.79. The van der Waals surface area contributed by atoms with Gasteiger partial charge in [0.25, 0.3) is 0 Å². The summed E-state index contributed by atoms with van der Waals surface area (Å²) in [4.78, 5) is 10.7. The molecule has 0 aliphatic rings. The standard InChI is InChI=1S/C19H22ClN5/c1-13(15-6-4-5-14(9-15)11-25(2)3)23-24-19-17-8-7-16(20)10-18(17)21-12-22-19/h4-10,12-13,23H,11H2,1-3H3,(H,21,22,24). The second kappa shape index (κ2) is 7.78. The molecule has 0 fully saturated rings. The van der Waals surface area contributed by atoms with Crippen molar-refractivity contribution in [2.45, 2.75) is 19.5 Å². The first-order valence-corrected chi connectivity index (χ1v) is 8.56. The number of benzene rings is 2. The zero-order valence-electron chi connectivity index (χ0n) is 14.6. The first-order chi connectivity index (χ1) is 12.0. The van der Waals surface area contributed by atoms with Crippen LogP contribution in [0.25, 0.3) is 10.9 Å². The Hall–Kier alpha value is -2.21. The van der Waals surface area contributed by atoms with Gasteiger partial charge in [-0.3, -0.25) is 0 Å². The van der Waals surface area contributed by atoms with E-state index in [1.165, 1.54) is 17.5 Å². The van der Waals surface area contributed by atoms with E-state index in [1.54, 1.807) is 0 Å². The Morgan fingerprint density at radius 1 is 1.12 bits per heavy atom. The van der Waals surface area contributed by atoms with E-state index in [4.69, 9.17) is 11.6 Å². The molecule has 130 valence electrons. The molecule has 0 amide bonds. The fourth-order valence-electron chi connectivity index (χ4n) is 2.72. The largest absolute Gasteiger partial charge is 0.305 e. The number of hydrogen-bond acceptors (Lipinski definition) is 5. The molecule has 2 N–H and O–H groups in total. The van der Waals surface area contributed by atoms with Crippen LogP contribution in [-0.2, 0) is 6.54 Å². The lowest BCUT2D eigenvalue weighted by Crippen LogP contribution is -2.26. The minimum absolute atomic E-state index is 0.124. The monoisotopic (exact) mass is 355 g/mol. The molecule has 0 bridgehead atoms. The summed E-state index contributed by atoms with van der Waals surface area (Å²) < 4.78 is 0. The third-order valence-corrected chi connectivity index (χ3v) is 4.19. The highest BCUT2D eigenvalue weighted by molar-refractivity contribution is 6.31. The topological polar surface area (TPSA) is 53.1 Å². The Balaban J connectivity index is 1.73.